The highest BCUT2D eigenvalue weighted by Crippen LogP contribution is 2.21. The van der Waals surface area contributed by atoms with E-state index in [-0.39, 0.29) is 17.9 Å². The first-order valence-corrected chi connectivity index (χ1v) is 9.17. The maximum atomic E-state index is 12.6. The Morgan fingerprint density at radius 2 is 1.67 bits per heavy atom. The SMILES string of the molecule is Cc1nn(-c2ccccc2)c(C)c1CNC(=O)C(C)C(N)c1ccccc1. The molecule has 3 rings (SSSR count). The van der Waals surface area contributed by atoms with E-state index in [4.69, 9.17) is 5.73 Å². The van der Waals surface area contributed by atoms with Gasteiger partial charge in [0, 0.05) is 23.8 Å². The summed E-state index contributed by atoms with van der Waals surface area (Å²) in [7, 11) is 0. The van der Waals surface area contributed by atoms with Crippen molar-refractivity contribution in [3.8, 4) is 5.69 Å². The number of aryl methyl sites for hydroxylation is 1. The average Bonchev–Trinajstić information content (AvgIpc) is 3.00. The Labute approximate surface area is 160 Å². The smallest absolute Gasteiger partial charge is 0.225 e. The van der Waals surface area contributed by atoms with E-state index in [9.17, 15) is 4.79 Å². The van der Waals surface area contributed by atoms with E-state index in [1.54, 1.807) is 0 Å². The Kier molecular flexibility index (Phi) is 5.72. The topological polar surface area (TPSA) is 72.9 Å². The Balaban J connectivity index is 1.70. The Morgan fingerprint density at radius 1 is 1.07 bits per heavy atom. The molecule has 5 heteroatoms. The summed E-state index contributed by atoms with van der Waals surface area (Å²) in [5.74, 6) is -0.380. The van der Waals surface area contributed by atoms with Crippen LogP contribution in [0, 0.1) is 19.8 Å². The first kappa shape index (κ1) is 18.9. The van der Waals surface area contributed by atoms with Crippen LogP contribution in [0.5, 0.6) is 0 Å². The molecule has 0 fully saturated rings. The minimum atomic E-state index is -0.333. The van der Waals surface area contributed by atoms with E-state index in [0.717, 1.165) is 28.2 Å². The lowest BCUT2D eigenvalue weighted by atomic mass is 9.94. The summed E-state index contributed by atoms with van der Waals surface area (Å²) in [6.45, 7) is 6.29. The van der Waals surface area contributed by atoms with E-state index >= 15 is 0 Å². The van der Waals surface area contributed by atoms with Crippen molar-refractivity contribution >= 4 is 5.91 Å². The largest absolute Gasteiger partial charge is 0.352 e. The highest BCUT2D eigenvalue weighted by molar-refractivity contribution is 5.79. The monoisotopic (exact) mass is 362 g/mol. The maximum absolute atomic E-state index is 12.6. The van der Waals surface area contributed by atoms with Crippen LogP contribution in [-0.4, -0.2) is 15.7 Å². The zero-order chi connectivity index (χ0) is 19.4. The molecular weight excluding hydrogens is 336 g/mol. The van der Waals surface area contributed by atoms with Gasteiger partial charge in [0.05, 0.1) is 17.3 Å². The van der Waals surface area contributed by atoms with Crippen molar-refractivity contribution in [1.82, 2.24) is 15.1 Å². The number of rotatable bonds is 6. The van der Waals surface area contributed by atoms with Gasteiger partial charge in [-0.25, -0.2) is 4.68 Å². The quantitative estimate of drug-likeness (QED) is 0.705. The molecule has 0 radical (unpaired) electrons. The van der Waals surface area contributed by atoms with Crippen LogP contribution in [0.4, 0.5) is 0 Å². The van der Waals surface area contributed by atoms with Crippen LogP contribution < -0.4 is 11.1 Å². The number of nitrogens with one attached hydrogen (secondary N) is 1. The lowest BCUT2D eigenvalue weighted by Gasteiger charge is -2.20. The minimum absolute atomic E-state index is 0.0578. The van der Waals surface area contributed by atoms with E-state index in [0.29, 0.717) is 6.54 Å². The molecule has 140 valence electrons. The van der Waals surface area contributed by atoms with Crippen LogP contribution in [0.2, 0.25) is 0 Å². The average molecular weight is 362 g/mol. The zero-order valence-electron chi connectivity index (χ0n) is 16.0. The van der Waals surface area contributed by atoms with Crippen molar-refractivity contribution in [3.05, 3.63) is 83.2 Å². The fourth-order valence-corrected chi connectivity index (χ4v) is 3.21. The zero-order valence-corrected chi connectivity index (χ0v) is 16.0. The van der Waals surface area contributed by atoms with Crippen molar-refractivity contribution in [2.45, 2.75) is 33.4 Å². The van der Waals surface area contributed by atoms with Gasteiger partial charge in [0.15, 0.2) is 0 Å². The minimum Gasteiger partial charge on any atom is -0.352 e. The highest BCUT2D eigenvalue weighted by atomic mass is 16.1. The van der Waals surface area contributed by atoms with Gasteiger partial charge < -0.3 is 11.1 Å². The summed E-state index contributed by atoms with van der Waals surface area (Å²) in [4.78, 5) is 12.6. The molecule has 5 nitrogen and oxygen atoms in total. The van der Waals surface area contributed by atoms with Crippen molar-refractivity contribution in [2.75, 3.05) is 0 Å². The number of benzene rings is 2. The summed E-state index contributed by atoms with van der Waals surface area (Å²) < 4.78 is 1.91. The number of para-hydroxylation sites is 1. The number of aromatic nitrogens is 2. The van der Waals surface area contributed by atoms with Crippen molar-refractivity contribution in [1.29, 1.82) is 0 Å². The predicted molar refractivity (Wildman–Crippen MR) is 107 cm³/mol. The number of hydrogen-bond donors (Lipinski definition) is 2. The van der Waals surface area contributed by atoms with Gasteiger partial charge in [0.25, 0.3) is 0 Å². The van der Waals surface area contributed by atoms with Gasteiger partial charge in [-0.2, -0.15) is 5.10 Å². The molecule has 27 heavy (non-hydrogen) atoms. The van der Waals surface area contributed by atoms with Gasteiger partial charge >= 0.3 is 0 Å². The van der Waals surface area contributed by atoms with Crippen molar-refractivity contribution in [3.63, 3.8) is 0 Å². The van der Waals surface area contributed by atoms with Gasteiger partial charge in [-0.3, -0.25) is 4.79 Å². The first-order valence-electron chi connectivity index (χ1n) is 9.17. The molecule has 2 aromatic carbocycles. The summed E-state index contributed by atoms with van der Waals surface area (Å²) in [5.41, 5.74) is 11.2. The first-order chi connectivity index (χ1) is 13.0. The van der Waals surface area contributed by atoms with Crippen LogP contribution in [0.25, 0.3) is 5.69 Å². The van der Waals surface area contributed by atoms with Crippen LogP contribution >= 0.6 is 0 Å². The number of carbonyl (C=O) groups excluding carboxylic acids is 1. The van der Waals surface area contributed by atoms with E-state index < -0.39 is 0 Å². The maximum Gasteiger partial charge on any atom is 0.225 e. The lowest BCUT2D eigenvalue weighted by Crippen LogP contribution is -2.35. The van der Waals surface area contributed by atoms with Crippen LogP contribution in [-0.2, 0) is 11.3 Å². The normalized spacial score (nSPS) is 13.2. The molecule has 0 saturated carbocycles. The van der Waals surface area contributed by atoms with Gasteiger partial charge in [-0.15, -0.1) is 0 Å². The summed E-state index contributed by atoms with van der Waals surface area (Å²) in [6, 6.07) is 19.4. The third-order valence-corrected chi connectivity index (χ3v) is 5.02. The van der Waals surface area contributed by atoms with E-state index in [2.05, 4.69) is 10.4 Å². The third kappa shape index (κ3) is 4.09. The number of carbonyl (C=O) groups is 1. The molecule has 1 heterocycles. The Bertz CT molecular complexity index is 903. The fraction of sp³-hybridized carbons (Fsp3) is 0.273. The molecule has 0 bridgehead atoms. The third-order valence-electron chi connectivity index (χ3n) is 5.02. The van der Waals surface area contributed by atoms with Crippen LogP contribution in [0.3, 0.4) is 0 Å². The molecule has 1 amide bonds. The highest BCUT2D eigenvalue weighted by Gasteiger charge is 2.22. The van der Waals surface area contributed by atoms with E-state index in [1.165, 1.54) is 0 Å². The molecule has 0 aliphatic heterocycles. The molecular formula is C22H26N4O. The summed E-state index contributed by atoms with van der Waals surface area (Å²) in [6.07, 6.45) is 0. The van der Waals surface area contributed by atoms with Gasteiger partial charge in [-0.1, -0.05) is 55.5 Å². The molecule has 0 aliphatic carbocycles. The van der Waals surface area contributed by atoms with Gasteiger partial charge in [0.1, 0.15) is 0 Å². The van der Waals surface area contributed by atoms with Crippen molar-refractivity contribution < 1.29 is 4.79 Å². The molecule has 1 aromatic heterocycles. The standard InChI is InChI=1S/C22H26N4O/c1-15(21(23)18-10-6-4-7-11-18)22(27)24-14-20-16(2)25-26(17(20)3)19-12-8-5-9-13-19/h4-13,15,21H,14,23H2,1-3H3,(H,24,27). The molecule has 3 aromatic rings. The molecule has 0 aliphatic rings. The number of hydrogen-bond acceptors (Lipinski definition) is 3. The molecule has 0 saturated heterocycles. The fourth-order valence-electron chi connectivity index (χ4n) is 3.21. The second-order valence-electron chi connectivity index (χ2n) is 6.84. The molecule has 3 N–H and O–H groups in total. The predicted octanol–water partition coefficient (Wildman–Crippen LogP) is 3.44. The number of amides is 1. The number of nitrogens with two attached hydrogens (primary N) is 1. The van der Waals surface area contributed by atoms with Gasteiger partial charge in [0.2, 0.25) is 5.91 Å². The van der Waals surface area contributed by atoms with Gasteiger partial charge in [-0.05, 0) is 31.5 Å². The van der Waals surface area contributed by atoms with Crippen molar-refractivity contribution in [2.24, 2.45) is 11.7 Å². The number of nitrogens with zero attached hydrogens (tertiary/aromatic N) is 2. The Morgan fingerprint density at radius 3 is 2.30 bits per heavy atom. The molecule has 2 unspecified atom stereocenters. The molecule has 0 spiro atoms. The Hall–Kier alpha value is -2.92. The van der Waals surface area contributed by atoms with Crippen LogP contribution in [0.15, 0.2) is 60.7 Å². The lowest BCUT2D eigenvalue weighted by molar-refractivity contribution is -0.125. The molecule has 2 atom stereocenters. The van der Waals surface area contributed by atoms with Crippen LogP contribution in [0.1, 0.15) is 35.5 Å². The van der Waals surface area contributed by atoms with E-state index in [1.807, 2.05) is 86.1 Å². The summed E-state index contributed by atoms with van der Waals surface area (Å²) in [5, 5.41) is 7.65. The second kappa shape index (κ2) is 8.18. The second-order valence-corrected chi connectivity index (χ2v) is 6.84. The summed E-state index contributed by atoms with van der Waals surface area (Å²) >= 11 is 0.